The maximum atomic E-state index is 5.56. The van der Waals surface area contributed by atoms with E-state index in [1.165, 1.54) is 0 Å². The first kappa shape index (κ1) is 17.8. The number of aromatic nitrogens is 3. The van der Waals surface area contributed by atoms with Crippen LogP contribution in [0.2, 0.25) is 0 Å². The minimum Gasteiger partial charge on any atom is -0.494 e. The molecule has 3 aromatic rings. The lowest BCUT2D eigenvalue weighted by molar-refractivity contribution is 0.340. The fourth-order valence-electron chi connectivity index (χ4n) is 2.48. The summed E-state index contributed by atoms with van der Waals surface area (Å²) in [6.07, 6.45) is 3.83. The molecule has 1 aromatic heterocycles. The van der Waals surface area contributed by atoms with Gasteiger partial charge in [-0.3, -0.25) is 0 Å². The molecule has 1 heterocycles. The minimum absolute atomic E-state index is 0.436. The zero-order chi connectivity index (χ0) is 18.4. The number of hydrogen-bond donors (Lipinski definition) is 1. The molecule has 26 heavy (non-hydrogen) atoms. The molecule has 3 rings (SSSR count). The number of nitrogens with one attached hydrogen (secondary N) is 1. The van der Waals surface area contributed by atoms with E-state index < -0.39 is 0 Å². The summed E-state index contributed by atoms with van der Waals surface area (Å²) in [6, 6.07) is 17.8. The molecule has 0 atom stereocenters. The first-order chi connectivity index (χ1) is 12.7. The van der Waals surface area contributed by atoms with Gasteiger partial charge < -0.3 is 4.74 Å². The molecule has 0 aliphatic carbocycles. The molecule has 0 fully saturated rings. The summed E-state index contributed by atoms with van der Waals surface area (Å²) >= 11 is 5.32. The molecule has 2 aromatic carbocycles. The normalized spacial score (nSPS) is 11.8. The lowest BCUT2D eigenvalue weighted by Crippen LogP contribution is -1.96. The lowest BCUT2D eigenvalue weighted by atomic mass is 10.1. The molecule has 0 saturated carbocycles. The van der Waals surface area contributed by atoms with E-state index in [4.69, 9.17) is 17.0 Å². The molecule has 6 heteroatoms. The summed E-state index contributed by atoms with van der Waals surface area (Å²) in [5.74, 6) is 1.43. The number of hydrogen-bond acceptors (Lipinski definition) is 4. The van der Waals surface area contributed by atoms with Crippen molar-refractivity contribution in [1.29, 1.82) is 0 Å². The van der Waals surface area contributed by atoms with Gasteiger partial charge in [0.1, 0.15) is 5.75 Å². The van der Waals surface area contributed by atoms with Crippen molar-refractivity contribution in [2.75, 3.05) is 6.61 Å². The van der Waals surface area contributed by atoms with E-state index in [0.717, 1.165) is 22.4 Å². The van der Waals surface area contributed by atoms with E-state index in [1.807, 2.05) is 68.4 Å². The summed E-state index contributed by atoms with van der Waals surface area (Å²) < 4.78 is 7.61. The number of nitrogens with zero attached hydrogens (tertiary/aromatic N) is 3. The number of benzene rings is 2. The highest BCUT2D eigenvalue weighted by Crippen LogP contribution is 2.22. The van der Waals surface area contributed by atoms with Gasteiger partial charge in [-0.05, 0) is 49.3 Å². The highest BCUT2D eigenvalue weighted by Gasteiger charge is 2.09. The van der Waals surface area contributed by atoms with Crippen LogP contribution in [0.4, 0.5) is 0 Å². The van der Waals surface area contributed by atoms with Gasteiger partial charge in [-0.15, -0.1) is 0 Å². The number of aromatic amines is 1. The summed E-state index contributed by atoms with van der Waals surface area (Å²) in [5.41, 5.74) is 3.01. The molecule has 0 radical (unpaired) electrons. The van der Waals surface area contributed by atoms with Crippen LogP contribution < -0.4 is 4.74 Å². The summed E-state index contributed by atoms with van der Waals surface area (Å²) in [4.78, 5) is 0. The Balaban J connectivity index is 1.90. The van der Waals surface area contributed by atoms with Crippen LogP contribution in [-0.2, 0) is 0 Å². The highest BCUT2D eigenvalue weighted by atomic mass is 32.1. The van der Waals surface area contributed by atoms with Crippen LogP contribution in [0.3, 0.4) is 0 Å². The maximum absolute atomic E-state index is 5.56. The maximum Gasteiger partial charge on any atom is 0.216 e. The summed E-state index contributed by atoms with van der Waals surface area (Å²) in [6.45, 7) is 4.56. The Hall–Kier alpha value is -2.99. The Morgan fingerprint density at radius 3 is 2.81 bits per heavy atom. The van der Waals surface area contributed by atoms with Crippen LogP contribution in [0.1, 0.15) is 19.4 Å². The molecule has 0 amide bonds. The van der Waals surface area contributed by atoms with E-state index in [2.05, 4.69) is 21.4 Å². The Morgan fingerprint density at radius 2 is 2.04 bits per heavy atom. The van der Waals surface area contributed by atoms with Crippen molar-refractivity contribution >= 4 is 24.5 Å². The Bertz CT molecular complexity index is 986. The topological polar surface area (TPSA) is 55.2 Å². The van der Waals surface area contributed by atoms with Gasteiger partial charge >= 0.3 is 0 Å². The van der Waals surface area contributed by atoms with E-state index >= 15 is 0 Å². The predicted octanol–water partition coefficient (Wildman–Crippen LogP) is 4.94. The summed E-state index contributed by atoms with van der Waals surface area (Å²) in [7, 11) is 0. The third-order valence-electron chi connectivity index (χ3n) is 3.62. The number of ether oxygens (including phenoxy) is 1. The molecule has 0 bridgehead atoms. The largest absolute Gasteiger partial charge is 0.494 e. The van der Waals surface area contributed by atoms with Gasteiger partial charge in [0.25, 0.3) is 0 Å². The summed E-state index contributed by atoms with van der Waals surface area (Å²) in [5, 5.41) is 11.6. The van der Waals surface area contributed by atoms with Gasteiger partial charge in [-0.25, -0.2) is 5.10 Å². The van der Waals surface area contributed by atoms with E-state index in [9.17, 15) is 0 Å². The fraction of sp³-hybridized carbons (Fsp3) is 0.150. The van der Waals surface area contributed by atoms with E-state index in [1.54, 1.807) is 10.9 Å². The third kappa shape index (κ3) is 4.34. The van der Waals surface area contributed by atoms with Crippen molar-refractivity contribution < 1.29 is 4.74 Å². The Labute approximate surface area is 157 Å². The minimum atomic E-state index is 0.436. The van der Waals surface area contributed by atoms with Gasteiger partial charge in [-0.2, -0.15) is 14.9 Å². The molecular weight excluding hydrogens is 344 g/mol. The Kier molecular flexibility index (Phi) is 5.76. The zero-order valence-electron chi connectivity index (χ0n) is 14.7. The van der Waals surface area contributed by atoms with E-state index in [0.29, 0.717) is 17.2 Å². The van der Waals surface area contributed by atoms with Crippen LogP contribution in [0.25, 0.3) is 17.5 Å². The molecule has 0 unspecified atom stereocenters. The van der Waals surface area contributed by atoms with Crippen molar-refractivity contribution in [3.8, 4) is 17.1 Å². The number of rotatable bonds is 6. The van der Waals surface area contributed by atoms with Crippen LogP contribution in [0.15, 0.2) is 65.3 Å². The van der Waals surface area contributed by atoms with E-state index in [-0.39, 0.29) is 0 Å². The van der Waals surface area contributed by atoms with Gasteiger partial charge in [-0.1, -0.05) is 48.5 Å². The second-order valence-electron chi connectivity index (χ2n) is 5.67. The van der Waals surface area contributed by atoms with Crippen molar-refractivity contribution in [2.45, 2.75) is 13.8 Å². The van der Waals surface area contributed by atoms with Crippen molar-refractivity contribution in [3.05, 3.63) is 70.5 Å². The molecule has 0 saturated heterocycles. The molecule has 132 valence electrons. The number of allylic oxidation sites excluding steroid dienone is 1. The van der Waals surface area contributed by atoms with Crippen LogP contribution in [0, 0.1) is 4.77 Å². The van der Waals surface area contributed by atoms with Crippen LogP contribution in [-0.4, -0.2) is 27.7 Å². The predicted molar refractivity (Wildman–Crippen MR) is 108 cm³/mol. The van der Waals surface area contributed by atoms with Crippen LogP contribution >= 0.6 is 12.2 Å². The number of H-pyrrole nitrogens is 1. The molecular formula is C20H20N4OS. The highest BCUT2D eigenvalue weighted by molar-refractivity contribution is 7.71. The van der Waals surface area contributed by atoms with Crippen LogP contribution in [0.5, 0.6) is 5.75 Å². The molecule has 0 aliphatic heterocycles. The second-order valence-corrected chi connectivity index (χ2v) is 6.06. The monoisotopic (exact) mass is 364 g/mol. The first-order valence-corrected chi connectivity index (χ1v) is 8.76. The standard InChI is InChI=1S/C20H20N4OS/c1-3-25-18-11-7-10-17(13-18)19-22-23-20(26)24(19)21-14-15(2)12-16-8-5-4-6-9-16/h4-14H,3H2,1-2H3,(H,23,26). The quantitative estimate of drug-likeness (QED) is 0.498. The third-order valence-corrected chi connectivity index (χ3v) is 3.89. The Morgan fingerprint density at radius 1 is 1.23 bits per heavy atom. The van der Waals surface area contributed by atoms with Crippen molar-refractivity contribution in [1.82, 2.24) is 14.9 Å². The fourth-order valence-corrected chi connectivity index (χ4v) is 2.65. The molecule has 0 aliphatic rings. The second kappa shape index (κ2) is 8.40. The lowest BCUT2D eigenvalue weighted by Gasteiger charge is -2.05. The average molecular weight is 364 g/mol. The van der Waals surface area contributed by atoms with Crippen molar-refractivity contribution in [2.24, 2.45) is 5.10 Å². The SMILES string of the molecule is CCOc1cccc(-c2n[nH]c(=S)n2N=CC(C)=Cc2ccccc2)c1. The molecule has 1 N–H and O–H groups in total. The molecule has 0 spiro atoms. The van der Waals surface area contributed by atoms with Gasteiger partial charge in [0, 0.05) is 5.56 Å². The van der Waals surface area contributed by atoms with Gasteiger partial charge in [0.05, 0.1) is 12.8 Å². The van der Waals surface area contributed by atoms with Gasteiger partial charge in [0.2, 0.25) is 4.77 Å². The van der Waals surface area contributed by atoms with Crippen molar-refractivity contribution in [3.63, 3.8) is 0 Å². The average Bonchev–Trinajstić information content (AvgIpc) is 3.02. The first-order valence-electron chi connectivity index (χ1n) is 8.35. The zero-order valence-corrected chi connectivity index (χ0v) is 15.5. The van der Waals surface area contributed by atoms with Gasteiger partial charge in [0.15, 0.2) is 5.82 Å². The smallest absolute Gasteiger partial charge is 0.216 e. The molecule has 5 nitrogen and oxygen atoms in total.